The second-order valence-electron chi connectivity index (χ2n) is 7.36. The van der Waals surface area contributed by atoms with E-state index in [0.29, 0.717) is 13.1 Å². The first-order valence-electron chi connectivity index (χ1n) is 9.79. The number of sulfonamides is 1. The van der Waals surface area contributed by atoms with Gasteiger partial charge in [-0.15, -0.1) is 0 Å². The number of carbonyl (C=O) groups is 1. The average Bonchev–Trinajstić information content (AvgIpc) is 2.72. The van der Waals surface area contributed by atoms with Crippen LogP contribution in [0.1, 0.15) is 13.8 Å². The van der Waals surface area contributed by atoms with Gasteiger partial charge >= 0.3 is 0 Å². The van der Waals surface area contributed by atoms with Crippen LogP contribution in [0.4, 0.5) is 5.69 Å². The van der Waals surface area contributed by atoms with Gasteiger partial charge in [-0.2, -0.15) is 0 Å². The molecule has 1 N–H and O–H groups in total. The van der Waals surface area contributed by atoms with Crippen LogP contribution in [0.25, 0.3) is 0 Å². The third kappa shape index (κ3) is 5.65. The molecule has 1 saturated heterocycles. The maximum absolute atomic E-state index is 12.5. The lowest BCUT2D eigenvalue weighted by atomic mass is 10.2. The number of ether oxygens (including phenoxy) is 1. The first-order valence-corrected chi connectivity index (χ1v) is 11.6. The summed E-state index contributed by atoms with van der Waals surface area (Å²) in [5.74, 6) is 0.147. The van der Waals surface area contributed by atoms with E-state index in [2.05, 4.69) is 21.8 Å². The fourth-order valence-electron chi connectivity index (χ4n) is 3.23. The number of rotatable bonds is 7. The lowest BCUT2D eigenvalue weighted by Gasteiger charge is -2.36. The van der Waals surface area contributed by atoms with Crippen LogP contribution in [0.2, 0.25) is 5.02 Å². The minimum Gasteiger partial charge on any atom is -0.482 e. The molecule has 0 saturated carbocycles. The zero-order valence-electron chi connectivity index (χ0n) is 17.0. The molecule has 1 amide bonds. The Labute approximate surface area is 182 Å². The van der Waals surface area contributed by atoms with Crippen LogP contribution in [0, 0.1) is 0 Å². The highest BCUT2D eigenvalue weighted by atomic mass is 35.5. The largest absolute Gasteiger partial charge is 0.482 e. The zero-order chi connectivity index (χ0) is 21.7. The van der Waals surface area contributed by atoms with Crippen molar-refractivity contribution in [1.29, 1.82) is 0 Å². The van der Waals surface area contributed by atoms with Gasteiger partial charge in [0.05, 0.1) is 9.92 Å². The standard InChI is InChI=1S/C21H26ClN3O4S/c1-16(2)23-30(27,28)18-8-9-20(19(22)14-18)29-15-21(26)25-12-10-24(11-13-25)17-6-4-3-5-7-17/h3-9,14,16,23H,10-13,15H2,1-2H3. The number of nitrogens with one attached hydrogen (secondary N) is 1. The van der Waals surface area contributed by atoms with E-state index in [-0.39, 0.29) is 34.2 Å². The van der Waals surface area contributed by atoms with E-state index in [1.807, 2.05) is 18.2 Å². The molecule has 162 valence electrons. The number of para-hydroxylation sites is 1. The maximum atomic E-state index is 12.5. The van der Waals surface area contributed by atoms with E-state index in [0.717, 1.165) is 18.8 Å². The Kier molecular flexibility index (Phi) is 7.23. The molecule has 3 rings (SSSR count). The Morgan fingerprint density at radius 1 is 1.10 bits per heavy atom. The average molecular weight is 452 g/mol. The first-order chi connectivity index (χ1) is 14.3. The van der Waals surface area contributed by atoms with Crippen molar-refractivity contribution in [2.45, 2.75) is 24.8 Å². The number of carbonyl (C=O) groups excluding carboxylic acids is 1. The van der Waals surface area contributed by atoms with Crippen molar-refractivity contribution < 1.29 is 17.9 Å². The molecule has 9 heteroatoms. The van der Waals surface area contributed by atoms with Crippen LogP contribution >= 0.6 is 11.6 Å². The van der Waals surface area contributed by atoms with Gasteiger partial charge in [-0.25, -0.2) is 13.1 Å². The summed E-state index contributed by atoms with van der Waals surface area (Å²) in [6, 6.07) is 14.1. The van der Waals surface area contributed by atoms with Crippen molar-refractivity contribution in [3.05, 3.63) is 53.6 Å². The smallest absolute Gasteiger partial charge is 0.260 e. The zero-order valence-corrected chi connectivity index (χ0v) is 18.6. The van der Waals surface area contributed by atoms with Gasteiger partial charge in [0.2, 0.25) is 10.0 Å². The van der Waals surface area contributed by atoms with Crippen molar-refractivity contribution in [2.24, 2.45) is 0 Å². The van der Waals surface area contributed by atoms with Crippen LogP contribution in [0.3, 0.4) is 0 Å². The van der Waals surface area contributed by atoms with E-state index in [1.54, 1.807) is 18.7 Å². The molecule has 0 bridgehead atoms. The van der Waals surface area contributed by atoms with Gasteiger partial charge in [0, 0.05) is 37.9 Å². The summed E-state index contributed by atoms with van der Waals surface area (Å²) < 4.78 is 32.5. The molecule has 0 unspecified atom stereocenters. The second kappa shape index (κ2) is 9.68. The molecular formula is C21H26ClN3O4S. The summed E-state index contributed by atoms with van der Waals surface area (Å²) in [5, 5.41) is 0.142. The molecule has 2 aromatic rings. The fraction of sp³-hybridized carbons (Fsp3) is 0.381. The molecule has 0 radical (unpaired) electrons. The molecule has 0 spiro atoms. The summed E-state index contributed by atoms with van der Waals surface area (Å²) >= 11 is 6.18. The predicted octanol–water partition coefficient (Wildman–Crippen LogP) is 2.75. The van der Waals surface area contributed by atoms with Gasteiger partial charge in [0.25, 0.3) is 5.91 Å². The van der Waals surface area contributed by atoms with Crippen molar-refractivity contribution in [1.82, 2.24) is 9.62 Å². The van der Waals surface area contributed by atoms with E-state index >= 15 is 0 Å². The molecule has 30 heavy (non-hydrogen) atoms. The third-order valence-corrected chi connectivity index (χ3v) is 6.66. The fourth-order valence-corrected chi connectivity index (χ4v) is 4.80. The predicted molar refractivity (Wildman–Crippen MR) is 118 cm³/mol. The minimum atomic E-state index is -3.65. The Morgan fingerprint density at radius 2 is 1.77 bits per heavy atom. The SMILES string of the molecule is CC(C)NS(=O)(=O)c1ccc(OCC(=O)N2CCN(c3ccccc3)CC2)c(Cl)c1. The van der Waals surface area contributed by atoms with Gasteiger partial charge in [0.1, 0.15) is 5.75 Å². The number of benzene rings is 2. The summed E-state index contributed by atoms with van der Waals surface area (Å²) in [7, 11) is -3.65. The topological polar surface area (TPSA) is 78.9 Å². The maximum Gasteiger partial charge on any atom is 0.260 e. The highest BCUT2D eigenvalue weighted by molar-refractivity contribution is 7.89. The van der Waals surface area contributed by atoms with Gasteiger partial charge in [-0.1, -0.05) is 29.8 Å². The molecular weight excluding hydrogens is 426 g/mol. The summed E-state index contributed by atoms with van der Waals surface area (Å²) in [6.07, 6.45) is 0. The number of anilines is 1. The van der Waals surface area contributed by atoms with Crippen molar-refractivity contribution >= 4 is 33.2 Å². The number of hydrogen-bond acceptors (Lipinski definition) is 5. The summed E-state index contributed by atoms with van der Waals surface area (Å²) in [6.45, 7) is 6.06. The van der Waals surface area contributed by atoms with Crippen LogP contribution in [0.5, 0.6) is 5.75 Å². The third-order valence-electron chi connectivity index (χ3n) is 4.71. The first kappa shape index (κ1) is 22.4. The minimum absolute atomic E-state index is 0.0527. The lowest BCUT2D eigenvalue weighted by Crippen LogP contribution is -2.50. The van der Waals surface area contributed by atoms with E-state index in [9.17, 15) is 13.2 Å². The normalized spacial score (nSPS) is 14.8. The molecule has 2 aromatic carbocycles. The van der Waals surface area contributed by atoms with E-state index in [4.69, 9.17) is 16.3 Å². The quantitative estimate of drug-likeness (QED) is 0.700. The van der Waals surface area contributed by atoms with Gasteiger partial charge < -0.3 is 14.5 Å². The van der Waals surface area contributed by atoms with Gasteiger partial charge in [-0.3, -0.25) is 4.79 Å². The Morgan fingerprint density at radius 3 is 2.37 bits per heavy atom. The van der Waals surface area contributed by atoms with Crippen molar-refractivity contribution in [3.63, 3.8) is 0 Å². The number of hydrogen-bond donors (Lipinski definition) is 1. The Balaban J connectivity index is 1.54. The van der Waals surface area contributed by atoms with Crippen molar-refractivity contribution in [3.8, 4) is 5.75 Å². The Bertz CT molecular complexity index is 975. The highest BCUT2D eigenvalue weighted by Crippen LogP contribution is 2.27. The molecule has 0 atom stereocenters. The van der Waals surface area contributed by atoms with E-state index in [1.165, 1.54) is 18.2 Å². The Hall–Kier alpha value is -2.29. The monoisotopic (exact) mass is 451 g/mol. The van der Waals surface area contributed by atoms with Crippen LogP contribution < -0.4 is 14.4 Å². The molecule has 1 aliphatic rings. The molecule has 1 fully saturated rings. The van der Waals surface area contributed by atoms with Gasteiger partial charge in [-0.05, 0) is 44.2 Å². The molecule has 7 nitrogen and oxygen atoms in total. The van der Waals surface area contributed by atoms with E-state index < -0.39 is 10.0 Å². The van der Waals surface area contributed by atoms with Crippen LogP contribution in [0.15, 0.2) is 53.4 Å². The molecule has 0 aromatic heterocycles. The van der Waals surface area contributed by atoms with Crippen molar-refractivity contribution in [2.75, 3.05) is 37.7 Å². The number of nitrogens with zero attached hydrogens (tertiary/aromatic N) is 2. The molecule has 0 aliphatic carbocycles. The number of piperazine rings is 1. The number of halogens is 1. The van der Waals surface area contributed by atoms with Gasteiger partial charge in [0.15, 0.2) is 6.61 Å². The second-order valence-corrected chi connectivity index (χ2v) is 9.48. The number of amides is 1. The molecule has 1 aliphatic heterocycles. The molecule has 1 heterocycles. The van der Waals surface area contributed by atoms with Crippen LogP contribution in [-0.2, 0) is 14.8 Å². The summed E-state index contributed by atoms with van der Waals surface area (Å²) in [4.78, 5) is 16.6. The highest BCUT2D eigenvalue weighted by Gasteiger charge is 2.22. The van der Waals surface area contributed by atoms with Crippen LogP contribution in [-0.4, -0.2) is 58.1 Å². The summed E-state index contributed by atoms with van der Waals surface area (Å²) in [5.41, 5.74) is 1.15. The lowest BCUT2D eigenvalue weighted by molar-refractivity contribution is -0.133.